The Kier molecular flexibility index (Phi) is 1.80. The van der Waals surface area contributed by atoms with E-state index in [1.807, 2.05) is 0 Å². The van der Waals surface area contributed by atoms with Crippen LogP contribution in [0.3, 0.4) is 0 Å². The second kappa shape index (κ2) is 3.03. The van der Waals surface area contributed by atoms with Crippen molar-refractivity contribution < 1.29 is 6.51 Å². The molecule has 8 unspecified atom stereocenters. The van der Waals surface area contributed by atoms with Crippen LogP contribution in [0.4, 0.5) is 0 Å². The molecule has 12 aliphatic rings. The molecule has 12 heterocycles. The third-order valence-corrected chi connectivity index (χ3v) is 73.0. The van der Waals surface area contributed by atoms with Crippen LogP contribution in [-0.4, -0.2) is 47.8 Å². The minimum absolute atomic E-state index is 0.0159. The molecule has 12 saturated heterocycles. The van der Waals surface area contributed by atoms with Gasteiger partial charge in [0.05, 0.1) is 0 Å². The van der Waals surface area contributed by atoms with E-state index in [9.17, 15) is 0 Å². The molecule has 0 aromatic carbocycles. The van der Waals surface area contributed by atoms with Crippen LogP contribution < -0.4 is 10.6 Å². The number of hydrogen-bond donors (Lipinski definition) is 2. The fraction of sp³-hybridized carbons (Fsp3) is 1.00. The van der Waals surface area contributed by atoms with E-state index in [-0.39, 0.29) is 7.92 Å². The summed E-state index contributed by atoms with van der Waals surface area (Å²) in [7, 11) is 3.93. The van der Waals surface area contributed by atoms with Crippen LogP contribution in [0, 0.1) is 17.3 Å². The summed E-state index contributed by atoms with van der Waals surface area (Å²) in [6.07, 6.45) is 4.65. The van der Waals surface area contributed by atoms with E-state index in [2.05, 4.69) is 82.2 Å². The second-order valence-corrected chi connectivity index (χ2v) is 49.3. The van der Waals surface area contributed by atoms with Gasteiger partial charge in [0.25, 0.3) is 0 Å². The van der Waals surface area contributed by atoms with Gasteiger partial charge in [-0.15, -0.1) is 0 Å². The molecule has 12 rings (SSSR count). The van der Waals surface area contributed by atoms with Crippen LogP contribution in [0.1, 0.15) is 75.2 Å². The van der Waals surface area contributed by atoms with Gasteiger partial charge in [-0.3, -0.25) is 0 Å². The summed E-state index contributed by atoms with van der Waals surface area (Å²) in [5, 5.41) is 9.35. The molecule has 0 aromatic rings. The molecule has 1 spiro atoms. The van der Waals surface area contributed by atoms with Crippen LogP contribution in [0.2, 0.25) is 46.7 Å². The molecular formula is C32H54FeN2P2. The Balaban J connectivity index is 1.20. The number of nitrogens with one attached hydrogen (secondary N) is 2. The Labute approximate surface area is 220 Å². The predicted octanol–water partition coefficient (Wildman–Crippen LogP) is 8.44. The molecular weight excluding hydrogens is 530 g/mol. The summed E-state index contributed by atoms with van der Waals surface area (Å²) in [5.41, 5.74) is 0.571. The molecule has 0 amide bonds. The quantitative estimate of drug-likeness (QED) is 0.250. The molecule has 12 aliphatic heterocycles. The van der Waals surface area contributed by atoms with Crippen molar-refractivity contribution in [2.24, 2.45) is 17.3 Å². The van der Waals surface area contributed by atoms with Crippen molar-refractivity contribution in [3.05, 3.63) is 0 Å². The second-order valence-electron chi connectivity index (χ2n) is 21.5. The minimum atomic E-state index is -3.93. The topological polar surface area (TPSA) is 24.1 Å². The predicted molar refractivity (Wildman–Crippen MR) is 159 cm³/mol. The molecule has 2 nitrogen and oxygen atoms in total. The van der Waals surface area contributed by atoms with Gasteiger partial charge in [0.1, 0.15) is 0 Å². The van der Waals surface area contributed by atoms with E-state index in [0.29, 0.717) is 20.9 Å². The van der Waals surface area contributed by atoms with Gasteiger partial charge < -0.3 is 0 Å². The van der Waals surface area contributed by atoms with Crippen molar-refractivity contribution in [3.8, 4) is 0 Å². The molecule has 8 atom stereocenters. The number of hydrogen-bond acceptors (Lipinski definition) is 2. The Bertz CT molecular complexity index is 1580. The van der Waals surface area contributed by atoms with Gasteiger partial charge in [-0.2, -0.15) is 0 Å². The standard InChI is InChI=1S/C27H49N2P2.C5H5.Fe/c1-24(2,3)22-14-19(18-31(25(4,5)6)26(7,8)9)23(15-22)27(30,20-10-12-28-16-20)21-11-13-29-17-21;1-2-4-5-3-1;/h14-15,20-21,28-29H,10-13,16-18,30H2,1-9H3;1-5H;. The fourth-order valence-corrected chi connectivity index (χ4v) is 119. The van der Waals surface area contributed by atoms with Crippen molar-refractivity contribution in [3.63, 3.8) is 0 Å². The van der Waals surface area contributed by atoms with E-state index in [1.165, 1.54) is 72.7 Å². The van der Waals surface area contributed by atoms with E-state index in [0.717, 1.165) is 24.8 Å². The summed E-state index contributed by atoms with van der Waals surface area (Å²) in [6, 6.07) is 0. The molecule has 12 fully saturated rings. The van der Waals surface area contributed by atoms with Crippen molar-refractivity contribution >= 4 is 17.2 Å². The number of rotatable bonds is 5. The van der Waals surface area contributed by atoms with Crippen molar-refractivity contribution in [2.75, 3.05) is 32.3 Å². The van der Waals surface area contributed by atoms with Crippen molar-refractivity contribution in [1.29, 1.82) is 0 Å². The molecule has 0 aromatic heterocycles. The van der Waals surface area contributed by atoms with E-state index in [4.69, 9.17) is 0 Å². The van der Waals surface area contributed by atoms with Gasteiger partial charge in [0.2, 0.25) is 0 Å². The van der Waals surface area contributed by atoms with Gasteiger partial charge in [-0.05, 0) is 0 Å². The summed E-state index contributed by atoms with van der Waals surface area (Å²) in [4.78, 5) is 9.41. The normalized spacial score (nSPS) is 77.0. The Morgan fingerprint density at radius 3 is 1.54 bits per heavy atom. The van der Waals surface area contributed by atoms with E-state index in [1.54, 1.807) is 6.16 Å². The Hall–Kier alpha value is 1.30. The first kappa shape index (κ1) is 21.9. The van der Waals surface area contributed by atoms with Crippen molar-refractivity contribution in [2.45, 2.75) is 137 Å². The van der Waals surface area contributed by atoms with Crippen LogP contribution >= 0.6 is 17.2 Å². The third kappa shape index (κ3) is 0.509. The molecule has 0 aliphatic carbocycles. The van der Waals surface area contributed by atoms with Crippen LogP contribution in [0.25, 0.3) is 0 Å². The average Bonchev–Trinajstić information content (AvgIpc) is 3.61. The zero-order valence-corrected chi connectivity index (χ0v) is 28.2. The maximum absolute atomic E-state index is 3.94. The van der Waals surface area contributed by atoms with E-state index < -0.39 is 6.51 Å². The summed E-state index contributed by atoms with van der Waals surface area (Å²) in [5.74, 6) is 1.85. The molecule has 0 saturated carbocycles. The van der Waals surface area contributed by atoms with Crippen molar-refractivity contribution in [1.82, 2.24) is 10.6 Å². The first-order chi connectivity index (χ1) is 16.9. The summed E-state index contributed by atoms with van der Waals surface area (Å²) in [6.45, 7) is 25.5. The first-order valence-corrected chi connectivity index (χ1v) is 24.3. The Morgan fingerprint density at radius 1 is 0.757 bits per heavy atom. The van der Waals surface area contributed by atoms with Gasteiger partial charge in [0, 0.05) is 0 Å². The third-order valence-electron chi connectivity index (χ3n) is 22.5. The first-order valence-electron chi connectivity index (χ1n) is 16.1. The molecule has 37 heavy (non-hydrogen) atoms. The van der Waals surface area contributed by atoms with Crippen LogP contribution in [-0.2, 0) is 6.51 Å². The zero-order valence-electron chi connectivity index (χ0n) is 25.0. The Morgan fingerprint density at radius 2 is 1.22 bits per heavy atom. The zero-order chi connectivity index (χ0) is 26.0. The van der Waals surface area contributed by atoms with E-state index >= 15 is 0 Å². The molecule has 5 heteroatoms. The molecule has 2 N–H and O–H groups in total. The summed E-state index contributed by atoms with van der Waals surface area (Å²) >= 11 is 0. The van der Waals surface area contributed by atoms with Gasteiger partial charge in [-0.1, -0.05) is 0 Å². The molecule has 0 radical (unpaired) electrons. The maximum atomic E-state index is 3.94. The SMILES string of the molecule is CC(C)(C)P(C[C]12[CH]3[C]4(C(C)(C)C)[CH]5[C]1(C(P)(C1CCNC1)C1CCNC1)[Fe]35241678[CH]2[CH]1[CH]6[CH]7[CH]28)C(C)(C)C. The average molecular weight is 585 g/mol. The summed E-state index contributed by atoms with van der Waals surface area (Å²) < 4.78 is 2.66. The molecule has 0 bridgehead atoms. The van der Waals surface area contributed by atoms with Crippen LogP contribution in [0.5, 0.6) is 0 Å². The van der Waals surface area contributed by atoms with Gasteiger partial charge >= 0.3 is 221 Å². The number of fused-ring (bicyclic) bond motifs is 10. The molecule has 210 valence electrons. The monoisotopic (exact) mass is 584 g/mol. The fourth-order valence-electron chi connectivity index (χ4n) is 25.9. The van der Waals surface area contributed by atoms with Crippen LogP contribution in [0.15, 0.2) is 0 Å². The van der Waals surface area contributed by atoms with Gasteiger partial charge in [0.15, 0.2) is 0 Å². The van der Waals surface area contributed by atoms with Gasteiger partial charge in [-0.25, -0.2) is 0 Å².